The third-order valence-corrected chi connectivity index (χ3v) is 2.56. The lowest BCUT2D eigenvalue weighted by molar-refractivity contribution is 0.165. The first-order chi connectivity index (χ1) is 8.60. The zero-order chi connectivity index (χ0) is 13.5. The molecule has 1 unspecified atom stereocenters. The molecule has 0 saturated carbocycles. The summed E-state index contributed by atoms with van der Waals surface area (Å²) in [6.45, 7) is 7.42. The Bertz CT molecular complexity index is 455. The van der Waals surface area contributed by atoms with E-state index in [-0.39, 0.29) is 12.0 Å². The summed E-state index contributed by atoms with van der Waals surface area (Å²) in [5, 5.41) is 14.1. The fourth-order valence-electron chi connectivity index (χ4n) is 1.77. The van der Waals surface area contributed by atoms with Gasteiger partial charge in [-0.1, -0.05) is 26.0 Å². The monoisotopic (exact) mass is 243 g/mol. The van der Waals surface area contributed by atoms with Crippen LogP contribution in [0.1, 0.15) is 31.0 Å². The van der Waals surface area contributed by atoms with Gasteiger partial charge in [-0.25, -0.2) is 11.0 Å². The molecule has 1 atom stereocenters. The highest BCUT2D eigenvalue weighted by Crippen LogP contribution is 2.26. The van der Waals surface area contributed by atoms with Gasteiger partial charge in [0.15, 0.2) is 0 Å². The number of nitriles is 1. The highest BCUT2D eigenvalue weighted by molar-refractivity contribution is 5.61. The maximum atomic E-state index is 8.77. The molecule has 0 heterocycles. The third-order valence-electron chi connectivity index (χ3n) is 2.56. The second kappa shape index (κ2) is 6.52. The number of rotatable bonds is 5. The molecule has 1 aromatic carbocycles. The van der Waals surface area contributed by atoms with E-state index in [0.717, 1.165) is 5.56 Å². The van der Waals surface area contributed by atoms with Crippen molar-refractivity contribution in [1.82, 2.24) is 5.12 Å². The van der Waals surface area contributed by atoms with Crippen molar-refractivity contribution in [3.8, 4) is 6.07 Å². The Hall–Kier alpha value is -2.19. The van der Waals surface area contributed by atoms with Crippen LogP contribution in [0.2, 0.25) is 0 Å². The highest BCUT2D eigenvalue weighted by Gasteiger charge is 2.20. The number of hydrogen-bond acceptors (Lipinski definition) is 4. The minimum absolute atomic E-state index is 0.0734. The Kier molecular flexibility index (Phi) is 5.03. The van der Waals surface area contributed by atoms with E-state index in [4.69, 9.17) is 11.1 Å². The molecule has 0 aliphatic carbocycles. The van der Waals surface area contributed by atoms with E-state index in [2.05, 4.69) is 36.7 Å². The van der Waals surface area contributed by atoms with Crippen molar-refractivity contribution in [2.45, 2.75) is 19.9 Å². The summed E-state index contributed by atoms with van der Waals surface area (Å²) in [5.41, 5.74) is 1.63. The van der Waals surface area contributed by atoms with Crippen LogP contribution in [-0.2, 0) is 0 Å². The SMILES string of the molecule is C=N/C=N\N(N)C(c1ccc(C#N)cc1)C(C)C. The number of hydrogen-bond donors (Lipinski definition) is 1. The molecule has 0 bridgehead atoms. The zero-order valence-corrected chi connectivity index (χ0v) is 10.6. The van der Waals surface area contributed by atoms with Crippen molar-refractivity contribution in [3.05, 3.63) is 35.4 Å². The Morgan fingerprint density at radius 1 is 1.39 bits per heavy atom. The molecule has 2 N–H and O–H groups in total. The fraction of sp³-hybridized carbons (Fsp3) is 0.308. The van der Waals surface area contributed by atoms with E-state index in [1.54, 1.807) is 12.1 Å². The Balaban J connectivity index is 3.00. The average molecular weight is 243 g/mol. The van der Waals surface area contributed by atoms with Gasteiger partial charge in [0, 0.05) is 0 Å². The predicted octanol–water partition coefficient (Wildman–Crippen LogP) is 2.07. The molecule has 1 aromatic rings. The Labute approximate surface area is 107 Å². The van der Waals surface area contributed by atoms with E-state index in [9.17, 15) is 0 Å². The maximum Gasteiger partial charge on any atom is 0.136 e. The number of nitrogens with zero attached hydrogens (tertiary/aromatic N) is 4. The second-order valence-corrected chi connectivity index (χ2v) is 4.22. The zero-order valence-electron chi connectivity index (χ0n) is 10.6. The molecule has 0 fully saturated rings. The van der Waals surface area contributed by atoms with Crippen LogP contribution < -0.4 is 5.84 Å². The molecular weight excluding hydrogens is 226 g/mol. The van der Waals surface area contributed by atoms with Crippen LogP contribution in [0.25, 0.3) is 0 Å². The van der Waals surface area contributed by atoms with Crippen LogP contribution in [0.4, 0.5) is 0 Å². The van der Waals surface area contributed by atoms with Gasteiger partial charge in [-0.2, -0.15) is 5.26 Å². The highest BCUT2D eigenvalue weighted by atomic mass is 15.6. The van der Waals surface area contributed by atoms with E-state index in [0.29, 0.717) is 5.56 Å². The van der Waals surface area contributed by atoms with Gasteiger partial charge in [0.25, 0.3) is 0 Å². The average Bonchev–Trinajstić information content (AvgIpc) is 2.37. The van der Waals surface area contributed by atoms with E-state index in [1.165, 1.54) is 11.5 Å². The molecule has 0 spiro atoms. The summed E-state index contributed by atoms with van der Waals surface area (Å²) in [4.78, 5) is 3.53. The number of benzene rings is 1. The molecule has 5 nitrogen and oxygen atoms in total. The lowest BCUT2D eigenvalue weighted by Gasteiger charge is -2.28. The molecule has 1 rings (SSSR count). The summed E-state index contributed by atoms with van der Waals surface area (Å²) >= 11 is 0. The van der Waals surface area contributed by atoms with Crippen LogP contribution in [0.5, 0.6) is 0 Å². The van der Waals surface area contributed by atoms with E-state index >= 15 is 0 Å². The molecule has 0 aromatic heterocycles. The van der Waals surface area contributed by atoms with Crippen LogP contribution in [0, 0.1) is 17.2 Å². The molecule has 18 heavy (non-hydrogen) atoms. The van der Waals surface area contributed by atoms with Crippen molar-refractivity contribution >= 4 is 13.1 Å². The minimum Gasteiger partial charge on any atom is -0.251 e. The van der Waals surface area contributed by atoms with Gasteiger partial charge in [0.05, 0.1) is 17.7 Å². The smallest absolute Gasteiger partial charge is 0.136 e. The molecule has 0 radical (unpaired) electrons. The quantitative estimate of drug-likeness (QED) is 0.372. The first-order valence-corrected chi connectivity index (χ1v) is 5.62. The van der Waals surface area contributed by atoms with E-state index in [1.807, 2.05) is 12.1 Å². The van der Waals surface area contributed by atoms with Gasteiger partial charge >= 0.3 is 0 Å². The summed E-state index contributed by atoms with van der Waals surface area (Å²) < 4.78 is 0. The fourth-order valence-corrected chi connectivity index (χ4v) is 1.77. The maximum absolute atomic E-state index is 8.77. The lowest BCUT2D eigenvalue weighted by atomic mass is 9.95. The summed E-state index contributed by atoms with van der Waals surface area (Å²) in [5.74, 6) is 6.16. The van der Waals surface area contributed by atoms with Crippen molar-refractivity contribution in [2.24, 2.45) is 21.9 Å². The summed E-state index contributed by atoms with van der Waals surface area (Å²) in [6.07, 6.45) is 1.30. The molecule has 5 heteroatoms. The normalized spacial score (nSPS) is 12.4. The third kappa shape index (κ3) is 3.40. The Morgan fingerprint density at radius 3 is 2.44 bits per heavy atom. The molecular formula is C13H17N5. The van der Waals surface area contributed by atoms with Gasteiger partial charge in [-0.15, -0.1) is 5.10 Å². The van der Waals surface area contributed by atoms with E-state index < -0.39 is 0 Å². The predicted molar refractivity (Wildman–Crippen MR) is 72.8 cm³/mol. The number of aliphatic imine (C=N–C) groups is 1. The molecule has 94 valence electrons. The topological polar surface area (TPSA) is 77.8 Å². The number of hydrazone groups is 1. The van der Waals surface area contributed by atoms with Crippen LogP contribution in [0.15, 0.2) is 34.4 Å². The molecule has 0 amide bonds. The van der Waals surface area contributed by atoms with Crippen LogP contribution in [-0.4, -0.2) is 18.2 Å². The lowest BCUT2D eigenvalue weighted by Crippen LogP contribution is -2.33. The summed E-state index contributed by atoms with van der Waals surface area (Å²) in [6, 6.07) is 9.34. The number of hydrazine groups is 1. The van der Waals surface area contributed by atoms with Gasteiger partial charge in [-0.3, -0.25) is 4.99 Å². The first kappa shape index (κ1) is 13.9. The second-order valence-electron chi connectivity index (χ2n) is 4.22. The Morgan fingerprint density at radius 2 is 2.00 bits per heavy atom. The van der Waals surface area contributed by atoms with Crippen molar-refractivity contribution < 1.29 is 0 Å². The van der Waals surface area contributed by atoms with Gasteiger partial charge in [0.1, 0.15) is 6.34 Å². The van der Waals surface area contributed by atoms with Crippen molar-refractivity contribution in [2.75, 3.05) is 0 Å². The standard InChI is InChI=1S/C13H17N5/c1-10(2)13(18(15)17-9-16-3)12-6-4-11(8-14)5-7-12/h4-7,9-10,13H,3,15H2,1-2H3/b17-9-. The van der Waals surface area contributed by atoms with Gasteiger partial charge < -0.3 is 0 Å². The molecule has 0 aliphatic heterocycles. The first-order valence-electron chi connectivity index (χ1n) is 5.62. The minimum atomic E-state index is -0.0734. The van der Waals surface area contributed by atoms with Crippen molar-refractivity contribution in [1.29, 1.82) is 5.26 Å². The summed E-state index contributed by atoms with van der Waals surface area (Å²) in [7, 11) is 0. The van der Waals surface area contributed by atoms with Gasteiger partial charge in [0.2, 0.25) is 0 Å². The largest absolute Gasteiger partial charge is 0.251 e. The molecule has 0 aliphatic rings. The van der Waals surface area contributed by atoms with Gasteiger partial charge in [-0.05, 0) is 30.3 Å². The number of nitrogens with two attached hydrogens (primary N) is 1. The van der Waals surface area contributed by atoms with Crippen LogP contribution >= 0.6 is 0 Å². The molecule has 0 saturated heterocycles. The van der Waals surface area contributed by atoms with Crippen LogP contribution in [0.3, 0.4) is 0 Å². The van der Waals surface area contributed by atoms with Crippen molar-refractivity contribution in [3.63, 3.8) is 0 Å².